The van der Waals surface area contributed by atoms with Gasteiger partial charge in [-0.15, -0.1) is 10.2 Å². The minimum absolute atomic E-state index is 0.159. The van der Waals surface area contributed by atoms with Gasteiger partial charge in [-0.1, -0.05) is 18.2 Å². The molecule has 0 saturated carbocycles. The van der Waals surface area contributed by atoms with Gasteiger partial charge in [-0.05, 0) is 50.2 Å². The summed E-state index contributed by atoms with van der Waals surface area (Å²) in [5.41, 5.74) is 2.08. The topological polar surface area (TPSA) is 68.0 Å². The maximum Gasteiger partial charge on any atom is 0.266 e. The highest BCUT2D eigenvalue weighted by molar-refractivity contribution is 7.99. The molecule has 1 saturated heterocycles. The predicted molar refractivity (Wildman–Crippen MR) is 124 cm³/mol. The molecule has 6 nitrogen and oxygen atoms in total. The van der Waals surface area contributed by atoms with E-state index in [1.54, 1.807) is 20.2 Å². The van der Waals surface area contributed by atoms with Crippen LogP contribution in [0.2, 0.25) is 0 Å². The second kappa shape index (κ2) is 8.81. The van der Waals surface area contributed by atoms with Gasteiger partial charge < -0.3 is 5.32 Å². The number of thioether (sulfide) groups is 1. The second-order valence-corrected chi connectivity index (χ2v) is 9.51. The molecular formula is C23H23F3N6S. The third kappa shape index (κ3) is 4.01. The van der Waals surface area contributed by atoms with E-state index in [1.807, 2.05) is 16.2 Å². The highest BCUT2D eigenvalue weighted by Crippen LogP contribution is 2.37. The van der Waals surface area contributed by atoms with Crippen molar-refractivity contribution in [2.24, 2.45) is 0 Å². The lowest BCUT2D eigenvalue weighted by atomic mass is 9.93. The molecule has 1 fully saturated rings. The van der Waals surface area contributed by atoms with E-state index in [-0.39, 0.29) is 5.56 Å². The summed E-state index contributed by atoms with van der Waals surface area (Å²) < 4.78 is 43.0. The zero-order valence-electron chi connectivity index (χ0n) is 18.2. The number of halogens is 3. The van der Waals surface area contributed by atoms with Crippen molar-refractivity contribution in [3.8, 4) is 0 Å². The van der Waals surface area contributed by atoms with Gasteiger partial charge in [0.25, 0.3) is 6.43 Å². The average Bonchev–Trinajstić information content (AvgIpc) is 3.29. The first-order valence-corrected chi connectivity index (χ1v) is 12.0. The molecule has 10 heteroatoms. The molecule has 0 aliphatic carbocycles. The van der Waals surface area contributed by atoms with E-state index in [1.165, 1.54) is 12.1 Å². The van der Waals surface area contributed by atoms with Crippen LogP contribution >= 0.6 is 11.8 Å². The largest absolute Gasteiger partial charge is 0.363 e. The van der Waals surface area contributed by atoms with E-state index in [0.29, 0.717) is 23.2 Å². The summed E-state index contributed by atoms with van der Waals surface area (Å²) in [6, 6.07) is 5.53. The minimum atomic E-state index is -2.88. The molecule has 1 aromatic carbocycles. The first kappa shape index (κ1) is 21.9. The summed E-state index contributed by atoms with van der Waals surface area (Å²) in [4.78, 5) is 9.19. The third-order valence-corrected chi connectivity index (χ3v) is 7.19. The van der Waals surface area contributed by atoms with Gasteiger partial charge in [-0.2, -0.15) is 11.8 Å². The molecular weight excluding hydrogens is 449 g/mol. The molecule has 0 unspecified atom stereocenters. The molecule has 0 spiro atoms. The van der Waals surface area contributed by atoms with E-state index in [0.717, 1.165) is 47.0 Å². The summed E-state index contributed by atoms with van der Waals surface area (Å²) in [7, 11) is 0. The number of anilines is 1. The molecule has 4 aromatic rings. The quantitative estimate of drug-likeness (QED) is 0.394. The number of hydrogen-bond acceptors (Lipinski definition) is 6. The van der Waals surface area contributed by atoms with Gasteiger partial charge in [-0.3, -0.25) is 4.40 Å². The van der Waals surface area contributed by atoms with Crippen molar-refractivity contribution in [2.75, 3.05) is 16.8 Å². The molecule has 0 amide bonds. The molecule has 172 valence electrons. The Labute approximate surface area is 193 Å². The Morgan fingerprint density at radius 2 is 1.88 bits per heavy atom. The number of nitrogens with zero attached hydrogens (tertiary/aromatic N) is 5. The summed E-state index contributed by atoms with van der Waals surface area (Å²) in [6.07, 6.45) is 0.869. The molecule has 1 aliphatic rings. The van der Waals surface area contributed by atoms with Crippen LogP contribution in [0.3, 0.4) is 0 Å². The number of rotatable bonds is 5. The van der Waals surface area contributed by atoms with Gasteiger partial charge in [0, 0.05) is 11.1 Å². The fraction of sp³-hybridized carbons (Fsp3) is 0.391. The number of fused-ring (bicyclic) bond motifs is 3. The monoisotopic (exact) mass is 472 g/mol. The number of benzene rings is 1. The van der Waals surface area contributed by atoms with Crippen molar-refractivity contribution in [1.29, 1.82) is 0 Å². The van der Waals surface area contributed by atoms with Crippen molar-refractivity contribution < 1.29 is 13.2 Å². The molecule has 3 aromatic heterocycles. The summed E-state index contributed by atoms with van der Waals surface area (Å²) in [6.45, 7) is 3.50. The Morgan fingerprint density at radius 1 is 1.12 bits per heavy atom. The highest BCUT2D eigenvalue weighted by atomic mass is 32.2. The molecule has 1 aliphatic heterocycles. The van der Waals surface area contributed by atoms with Gasteiger partial charge in [-0.25, -0.2) is 23.1 Å². The zero-order valence-corrected chi connectivity index (χ0v) is 19.0. The normalized spacial score (nSPS) is 16.1. The number of pyridine rings is 1. The van der Waals surface area contributed by atoms with E-state index >= 15 is 0 Å². The summed E-state index contributed by atoms with van der Waals surface area (Å²) in [5, 5.41) is 12.5. The third-order valence-electron chi connectivity index (χ3n) is 6.15. The average molecular weight is 473 g/mol. The van der Waals surface area contributed by atoms with Crippen LogP contribution in [0.4, 0.5) is 19.0 Å². The number of nitrogens with one attached hydrogen (secondary N) is 1. The van der Waals surface area contributed by atoms with Crippen LogP contribution in [-0.2, 0) is 0 Å². The first-order chi connectivity index (χ1) is 15.9. The predicted octanol–water partition coefficient (Wildman–Crippen LogP) is 5.84. The van der Waals surface area contributed by atoms with Gasteiger partial charge in [0.15, 0.2) is 11.3 Å². The van der Waals surface area contributed by atoms with E-state index in [9.17, 15) is 13.2 Å². The molecule has 0 bridgehead atoms. The summed E-state index contributed by atoms with van der Waals surface area (Å²) >= 11 is 1.95. The van der Waals surface area contributed by atoms with Crippen molar-refractivity contribution in [2.45, 2.75) is 45.1 Å². The summed E-state index contributed by atoms with van der Waals surface area (Å²) in [5.74, 6) is 2.69. The molecule has 1 N–H and O–H groups in total. The minimum Gasteiger partial charge on any atom is -0.363 e. The molecule has 0 radical (unpaired) electrons. The molecule has 1 atom stereocenters. The van der Waals surface area contributed by atoms with Gasteiger partial charge in [0.1, 0.15) is 23.8 Å². The van der Waals surface area contributed by atoms with Crippen LogP contribution in [-0.4, -0.2) is 36.1 Å². The van der Waals surface area contributed by atoms with Gasteiger partial charge in [0.05, 0.1) is 17.0 Å². The van der Waals surface area contributed by atoms with Crippen molar-refractivity contribution in [1.82, 2.24) is 24.6 Å². The van der Waals surface area contributed by atoms with Crippen LogP contribution in [0.5, 0.6) is 0 Å². The number of alkyl halides is 2. The molecule has 5 rings (SSSR count). The van der Waals surface area contributed by atoms with E-state index in [2.05, 4.69) is 31.5 Å². The SMILES string of the molecule is Cc1nc(N[C@H](C)c2cccc(C(F)F)c2F)c2cc(C3CCSCC3)c3nncn3c2n1. The van der Waals surface area contributed by atoms with E-state index in [4.69, 9.17) is 0 Å². The first-order valence-electron chi connectivity index (χ1n) is 10.9. The lowest BCUT2D eigenvalue weighted by Crippen LogP contribution is -2.14. The van der Waals surface area contributed by atoms with E-state index < -0.39 is 23.8 Å². The number of aromatic nitrogens is 5. The van der Waals surface area contributed by atoms with Crippen molar-refractivity contribution in [3.05, 3.63) is 58.9 Å². The smallest absolute Gasteiger partial charge is 0.266 e. The number of aryl methyl sites for hydroxylation is 1. The van der Waals surface area contributed by atoms with Crippen LogP contribution < -0.4 is 5.32 Å². The Kier molecular flexibility index (Phi) is 5.86. The van der Waals surface area contributed by atoms with Crippen molar-refractivity contribution >= 4 is 34.3 Å². The maximum atomic E-state index is 14.8. The Bertz CT molecular complexity index is 1320. The van der Waals surface area contributed by atoms with Crippen LogP contribution in [0.15, 0.2) is 30.6 Å². The van der Waals surface area contributed by atoms with Crippen molar-refractivity contribution in [3.63, 3.8) is 0 Å². The maximum absolute atomic E-state index is 14.8. The van der Waals surface area contributed by atoms with Gasteiger partial charge >= 0.3 is 0 Å². The van der Waals surface area contributed by atoms with Gasteiger partial charge in [0.2, 0.25) is 0 Å². The Hall–Kier alpha value is -2.88. The van der Waals surface area contributed by atoms with Crippen LogP contribution in [0.25, 0.3) is 16.7 Å². The second-order valence-electron chi connectivity index (χ2n) is 8.28. The Morgan fingerprint density at radius 3 is 2.64 bits per heavy atom. The zero-order chi connectivity index (χ0) is 23.1. The lowest BCUT2D eigenvalue weighted by Gasteiger charge is -2.23. The molecule has 33 heavy (non-hydrogen) atoms. The Balaban J connectivity index is 1.62. The van der Waals surface area contributed by atoms with Crippen LogP contribution in [0.1, 0.15) is 60.7 Å². The fourth-order valence-corrected chi connectivity index (χ4v) is 5.57. The standard InChI is InChI=1S/C23H23F3N6S/c1-12(15-4-3-5-16(19(15)24)20(25)26)28-21-18-10-17(14-6-8-33-9-7-14)23-31-27-11-32(23)22(18)30-13(2)29-21/h3-5,10-12,14,20H,6-9H2,1-2H3,(H,28,29,30)/t12-/m1/s1. The number of hydrogen-bond donors (Lipinski definition) is 1. The van der Waals surface area contributed by atoms with Crippen LogP contribution in [0, 0.1) is 12.7 Å². The fourth-order valence-electron chi connectivity index (χ4n) is 4.46. The lowest BCUT2D eigenvalue weighted by molar-refractivity contribution is 0.146. The highest BCUT2D eigenvalue weighted by Gasteiger charge is 2.24. The molecule has 4 heterocycles.